The molecule has 3 aromatic carbocycles. The van der Waals surface area contributed by atoms with Crippen molar-refractivity contribution >= 4 is 28.5 Å². The van der Waals surface area contributed by atoms with Gasteiger partial charge in [-0.05, 0) is 86.2 Å². The van der Waals surface area contributed by atoms with Gasteiger partial charge >= 0.3 is 0 Å². The molecule has 1 N–H and O–H groups in total. The van der Waals surface area contributed by atoms with Crippen molar-refractivity contribution in [1.29, 1.82) is 0 Å². The van der Waals surface area contributed by atoms with Crippen molar-refractivity contribution < 1.29 is 19.0 Å². The van der Waals surface area contributed by atoms with Gasteiger partial charge in [-0.1, -0.05) is 29.8 Å². The highest BCUT2D eigenvalue weighted by molar-refractivity contribution is 6.32. The van der Waals surface area contributed by atoms with Crippen LogP contribution in [0, 0.1) is 13.8 Å². The number of ether oxygens (including phenoxy) is 3. The zero-order valence-corrected chi connectivity index (χ0v) is 24.5. The number of nitrogens with zero attached hydrogens (tertiary/aromatic N) is 2. The average molecular weight is 564 g/mol. The minimum absolute atomic E-state index is 0.0215. The molecular formula is C32H38ClN3O4. The summed E-state index contributed by atoms with van der Waals surface area (Å²) < 4.78 is 18.9. The SMILES string of the molecule is COc1ccc(CC(=O)NCCCc2nc3ccccc3n2CCCCOc2cc(C)c(Cl)c(C)c2)cc1OC. The molecule has 0 unspecified atom stereocenters. The molecule has 4 rings (SSSR count). The Morgan fingerprint density at radius 2 is 1.70 bits per heavy atom. The van der Waals surface area contributed by atoms with Crippen LogP contribution in [-0.2, 0) is 24.2 Å². The molecule has 1 aromatic heterocycles. The number of nitrogens with one attached hydrogen (secondary N) is 1. The van der Waals surface area contributed by atoms with Gasteiger partial charge in [0, 0.05) is 24.5 Å². The van der Waals surface area contributed by atoms with E-state index in [1.165, 1.54) is 0 Å². The molecule has 0 spiro atoms. The van der Waals surface area contributed by atoms with E-state index in [-0.39, 0.29) is 12.3 Å². The van der Waals surface area contributed by atoms with Crippen LogP contribution in [0.2, 0.25) is 5.02 Å². The van der Waals surface area contributed by atoms with Crippen LogP contribution in [0.1, 0.15) is 41.8 Å². The predicted octanol–water partition coefficient (Wildman–Crippen LogP) is 6.47. The van der Waals surface area contributed by atoms with Crippen LogP contribution in [0.4, 0.5) is 0 Å². The molecule has 0 aliphatic heterocycles. The van der Waals surface area contributed by atoms with Gasteiger partial charge in [-0.2, -0.15) is 0 Å². The molecule has 0 fully saturated rings. The number of carbonyl (C=O) groups is 1. The van der Waals surface area contributed by atoms with Crippen LogP contribution in [0.25, 0.3) is 11.0 Å². The molecule has 0 aliphatic rings. The average Bonchev–Trinajstić information content (AvgIpc) is 3.30. The first-order valence-electron chi connectivity index (χ1n) is 13.7. The number of aryl methyl sites for hydroxylation is 4. The van der Waals surface area contributed by atoms with E-state index in [0.717, 1.165) is 76.5 Å². The van der Waals surface area contributed by atoms with Gasteiger partial charge in [-0.15, -0.1) is 0 Å². The van der Waals surface area contributed by atoms with E-state index in [1.54, 1.807) is 14.2 Å². The van der Waals surface area contributed by atoms with Crippen molar-refractivity contribution in [3.05, 3.63) is 82.1 Å². The minimum Gasteiger partial charge on any atom is -0.494 e. The lowest BCUT2D eigenvalue weighted by Gasteiger charge is -2.12. The third kappa shape index (κ3) is 7.48. The number of hydrogen-bond donors (Lipinski definition) is 1. The second kappa shape index (κ2) is 14.1. The Bertz CT molecular complexity index is 1430. The highest BCUT2D eigenvalue weighted by Gasteiger charge is 2.12. The molecule has 0 bridgehead atoms. The number of carbonyl (C=O) groups excluding carboxylic acids is 1. The van der Waals surface area contributed by atoms with Gasteiger partial charge in [0.05, 0.1) is 38.3 Å². The first-order chi connectivity index (χ1) is 19.4. The smallest absolute Gasteiger partial charge is 0.224 e. The number of benzene rings is 3. The number of amides is 1. The number of methoxy groups -OCH3 is 2. The van der Waals surface area contributed by atoms with E-state index < -0.39 is 0 Å². The number of unbranched alkanes of at least 4 members (excludes halogenated alkanes) is 1. The van der Waals surface area contributed by atoms with Crippen molar-refractivity contribution in [2.24, 2.45) is 0 Å². The maximum atomic E-state index is 12.5. The fraction of sp³-hybridized carbons (Fsp3) is 0.375. The van der Waals surface area contributed by atoms with Gasteiger partial charge in [-0.25, -0.2) is 4.98 Å². The molecule has 0 atom stereocenters. The fourth-order valence-electron chi connectivity index (χ4n) is 4.83. The molecule has 8 heteroatoms. The second-order valence-corrected chi connectivity index (χ2v) is 10.3. The lowest BCUT2D eigenvalue weighted by molar-refractivity contribution is -0.120. The summed E-state index contributed by atoms with van der Waals surface area (Å²) in [5, 5.41) is 3.83. The Kier molecular flexibility index (Phi) is 10.3. The maximum absolute atomic E-state index is 12.5. The highest BCUT2D eigenvalue weighted by atomic mass is 35.5. The molecule has 4 aromatic rings. The van der Waals surface area contributed by atoms with E-state index in [9.17, 15) is 4.79 Å². The van der Waals surface area contributed by atoms with Crippen molar-refractivity contribution in [3.8, 4) is 17.2 Å². The molecule has 0 saturated heterocycles. The Morgan fingerprint density at radius 1 is 0.950 bits per heavy atom. The fourth-order valence-corrected chi connectivity index (χ4v) is 4.94. The van der Waals surface area contributed by atoms with E-state index in [4.69, 9.17) is 30.8 Å². The lowest BCUT2D eigenvalue weighted by atomic mass is 10.1. The second-order valence-electron chi connectivity index (χ2n) is 9.91. The molecule has 1 amide bonds. The predicted molar refractivity (Wildman–Crippen MR) is 160 cm³/mol. The van der Waals surface area contributed by atoms with Crippen LogP contribution < -0.4 is 19.5 Å². The van der Waals surface area contributed by atoms with Crippen LogP contribution in [0.3, 0.4) is 0 Å². The monoisotopic (exact) mass is 563 g/mol. The summed E-state index contributed by atoms with van der Waals surface area (Å²) in [5.41, 5.74) is 5.08. The first kappa shape index (κ1) is 29.3. The molecule has 7 nitrogen and oxygen atoms in total. The maximum Gasteiger partial charge on any atom is 0.224 e. The summed E-state index contributed by atoms with van der Waals surface area (Å²) in [7, 11) is 3.18. The first-order valence-corrected chi connectivity index (χ1v) is 14.1. The van der Waals surface area contributed by atoms with Crippen molar-refractivity contribution in [2.75, 3.05) is 27.4 Å². The third-order valence-electron chi connectivity index (χ3n) is 6.90. The molecule has 1 heterocycles. The molecule has 212 valence electrons. The summed E-state index contributed by atoms with van der Waals surface area (Å²) in [5.74, 6) is 3.15. The normalized spacial score (nSPS) is 11.0. The van der Waals surface area contributed by atoms with Gasteiger partial charge in [0.25, 0.3) is 0 Å². The molecule has 0 saturated carbocycles. The van der Waals surface area contributed by atoms with E-state index in [0.29, 0.717) is 24.7 Å². The lowest BCUT2D eigenvalue weighted by Crippen LogP contribution is -2.26. The van der Waals surface area contributed by atoms with E-state index in [2.05, 4.69) is 22.0 Å². The Balaban J connectivity index is 1.26. The molecule has 0 radical (unpaired) electrons. The van der Waals surface area contributed by atoms with Gasteiger partial charge < -0.3 is 24.1 Å². The van der Waals surface area contributed by atoms with Crippen LogP contribution >= 0.6 is 11.6 Å². The zero-order chi connectivity index (χ0) is 28.5. The van der Waals surface area contributed by atoms with Crippen LogP contribution in [-0.4, -0.2) is 42.8 Å². The molecular weight excluding hydrogens is 526 g/mol. The molecule has 40 heavy (non-hydrogen) atoms. The summed E-state index contributed by atoms with van der Waals surface area (Å²) in [6.07, 6.45) is 3.78. The zero-order valence-electron chi connectivity index (χ0n) is 23.8. The Labute approximate surface area is 241 Å². The van der Waals surface area contributed by atoms with Crippen molar-refractivity contribution in [3.63, 3.8) is 0 Å². The van der Waals surface area contributed by atoms with E-state index >= 15 is 0 Å². The number of para-hydroxylation sites is 2. The summed E-state index contributed by atoms with van der Waals surface area (Å²) >= 11 is 6.27. The van der Waals surface area contributed by atoms with Crippen LogP contribution in [0.15, 0.2) is 54.6 Å². The number of imidazole rings is 1. The number of fused-ring (bicyclic) bond motifs is 1. The van der Waals surface area contributed by atoms with E-state index in [1.807, 2.05) is 56.3 Å². The van der Waals surface area contributed by atoms with Crippen LogP contribution in [0.5, 0.6) is 17.2 Å². The van der Waals surface area contributed by atoms with Gasteiger partial charge in [0.1, 0.15) is 11.6 Å². The number of aromatic nitrogens is 2. The number of hydrogen-bond acceptors (Lipinski definition) is 5. The highest BCUT2D eigenvalue weighted by Crippen LogP contribution is 2.28. The topological polar surface area (TPSA) is 74.6 Å². The summed E-state index contributed by atoms with van der Waals surface area (Å²) in [4.78, 5) is 17.4. The Hall–Kier alpha value is -3.71. The minimum atomic E-state index is -0.0215. The van der Waals surface area contributed by atoms with Gasteiger partial charge in [0.2, 0.25) is 5.91 Å². The summed E-state index contributed by atoms with van der Waals surface area (Å²) in [6.45, 7) is 6.09. The van der Waals surface area contributed by atoms with Crippen molar-refractivity contribution in [2.45, 2.75) is 52.5 Å². The molecule has 0 aliphatic carbocycles. The number of halogens is 1. The van der Waals surface area contributed by atoms with Gasteiger partial charge in [0.15, 0.2) is 11.5 Å². The standard InChI is InChI=1S/C32H38ClN3O4/c1-22-18-25(19-23(2)32(22)33)40-17-8-7-16-36-27-11-6-5-10-26(27)35-30(36)12-9-15-34-31(37)21-24-13-14-28(38-3)29(20-24)39-4/h5-6,10-11,13-14,18-20H,7-9,12,15-17,21H2,1-4H3,(H,34,37). The summed E-state index contributed by atoms with van der Waals surface area (Å²) in [6, 6.07) is 17.7. The number of rotatable bonds is 14. The Morgan fingerprint density at radius 3 is 2.45 bits per heavy atom. The quantitative estimate of drug-likeness (QED) is 0.178. The van der Waals surface area contributed by atoms with Gasteiger partial charge in [-0.3, -0.25) is 4.79 Å². The largest absolute Gasteiger partial charge is 0.494 e. The van der Waals surface area contributed by atoms with Crippen molar-refractivity contribution in [1.82, 2.24) is 14.9 Å². The third-order valence-corrected chi connectivity index (χ3v) is 7.50.